The Morgan fingerprint density at radius 2 is 1.52 bits per heavy atom. The molecule has 4 rings (SSSR count). The van der Waals surface area contributed by atoms with Crippen LogP contribution in [0.1, 0.15) is 58.8 Å². The molecule has 5 heteroatoms. The van der Waals surface area contributed by atoms with Crippen LogP contribution in [-0.4, -0.2) is 18.8 Å². The maximum absolute atomic E-state index is 13.7. The van der Waals surface area contributed by atoms with E-state index in [1.165, 1.54) is 0 Å². The Morgan fingerprint density at radius 3 is 1.87 bits per heavy atom. The molecule has 2 nitrogen and oxygen atoms in total. The van der Waals surface area contributed by atoms with Crippen molar-refractivity contribution >= 4 is 5.97 Å². The predicted molar refractivity (Wildman–Crippen MR) is 80.6 cm³/mol. The first kappa shape index (κ1) is 16.8. The molecule has 130 valence electrons. The number of carbonyl (C=O) groups excluding carboxylic acids is 1. The summed E-state index contributed by atoms with van der Waals surface area (Å²) >= 11 is 0. The topological polar surface area (TPSA) is 26.3 Å². The van der Waals surface area contributed by atoms with Gasteiger partial charge in [0.2, 0.25) is 0 Å². The third-order valence-corrected chi connectivity index (χ3v) is 6.10. The second-order valence-corrected chi connectivity index (χ2v) is 7.62. The van der Waals surface area contributed by atoms with Crippen LogP contribution < -0.4 is 0 Å². The second kappa shape index (κ2) is 5.82. The van der Waals surface area contributed by atoms with Gasteiger partial charge in [-0.1, -0.05) is 6.92 Å². The predicted octanol–water partition coefficient (Wildman–Crippen LogP) is 5.03. The second-order valence-electron chi connectivity index (χ2n) is 7.62. The highest BCUT2D eigenvalue weighted by Crippen LogP contribution is 2.64. The van der Waals surface area contributed by atoms with E-state index in [0.29, 0.717) is 23.3 Å². The molecule has 0 radical (unpaired) electrons. The average Bonchev–Trinajstić information content (AvgIpc) is 2.41. The van der Waals surface area contributed by atoms with E-state index < -0.39 is 23.1 Å². The summed E-state index contributed by atoms with van der Waals surface area (Å²) in [7, 11) is 0. The molecule has 0 atom stereocenters. The van der Waals surface area contributed by atoms with Crippen LogP contribution in [0.5, 0.6) is 0 Å². The zero-order valence-electron chi connectivity index (χ0n) is 13.8. The van der Waals surface area contributed by atoms with Crippen molar-refractivity contribution in [3.63, 3.8) is 0 Å². The molecule has 0 saturated heterocycles. The van der Waals surface area contributed by atoms with Gasteiger partial charge in [0.25, 0.3) is 0 Å². The van der Waals surface area contributed by atoms with Crippen molar-refractivity contribution in [2.45, 2.75) is 65.0 Å². The average molecular weight is 330 g/mol. The van der Waals surface area contributed by atoms with Crippen molar-refractivity contribution in [2.75, 3.05) is 6.61 Å². The highest BCUT2D eigenvalue weighted by atomic mass is 19.4. The van der Waals surface area contributed by atoms with Gasteiger partial charge in [0.05, 0.1) is 6.61 Å². The van der Waals surface area contributed by atoms with Crippen molar-refractivity contribution < 1.29 is 22.7 Å². The minimum Gasteiger partial charge on any atom is -0.462 e. The number of hydrogen-bond donors (Lipinski definition) is 0. The lowest BCUT2D eigenvalue weighted by Gasteiger charge is -2.58. The third kappa shape index (κ3) is 2.91. The quantitative estimate of drug-likeness (QED) is 0.533. The molecule has 4 saturated carbocycles. The van der Waals surface area contributed by atoms with Crippen LogP contribution in [0.15, 0.2) is 11.1 Å². The van der Waals surface area contributed by atoms with Crippen LogP contribution in [-0.2, 0) is 9.53 Å². The van der Waals surface area contributed by atoms with Crippen LogP contribution in [0.3, 0.4) is 0 Å². The third-order valence-electron chi connectivity index (χ3n) is 6.10. The standard InChI is InChI=1S/C18H25F3O2/c1-3-14(15(18(19,20)21)16(22)23-4-2)17-8-11-5-12(9-17)7-13(6-11)10-17/h11-13H,3-10H2,1-2H3. The summed E-state index contributed by atoms with van der Waals surface area (Å²) in [5.74, 6) is 0.436. The van der Waals surface area contributed by atoms with Gasteiger partial charge in [0, 0.05) is 0 Å². The zero-order valence-corrected chi connectivity index (χ0v) is 13.8. The van der Waals surface area contributed by atoms with Crippen molar-refractivity contribution in [2.24, 2.45) is 23.2 Å². The molecule has 0 aromatic heterocycles. The summed E-state index contributed by atoms with van der Waals surface area (Å²) in [6.07, 6.45) is 1.59. The minimum atomic E-state index is -4.64. The number of esters is 1. The van der Waals surface area contributed by atoms with Crippen molar-refractivity contribution in [3.8, 4) is 0 Å². The monoisotopic (exact) mass is 330 g/mol. The molecule has 0 aromatic rings. The fourth-order valence-electron chi connectivity index (χ4n) is 5.91. The maximum Gasteiger partial charge on any atom is 0.423 e. The zero-order chi connectivity index (χ0) is 16.8. The van der Waals surface area contributed by atoms with E-state index in [-0.39, 0.29) is 13.0 Å². The van der Waals surface area contributed by atoms with Gasteiger partial charge in [-0.2, -0.15) is 13.2 Å². The lowest BCUT2D eigenvalue weighted by molar-refractivity contribution is -0.151. The Morgan fingerprint density at radius 1 is 1.04 bits per heavy atom. The number of carbonyl (C=O) groups is 1. The Labute approximate surface area is 135 Å². The maximum atomic E-state index is 13.7. The molecule has 0 heterocycles. The molecule has 0 spiro atoms. The normalized spacial score (nSPS) is 36.8. The molecule has 0 aromatic carbocycles. The molecule has 0 amide bonds. The summed E-state index contributed by atoms with van der Waals surface area (Å²) in [6, 6.07) is 0. The number of ether oxygens (including phenoxy) is 1. The summed E-state index contributed by atoms with van der Waals surface area (Å²) in [5.41, 5.74) is -1.10. The van der Waals surface area contributed by atoms with Gasteiger partial charge in [-0.15, -0.1) is 0 Å². The van der Waals surface area contributed by atoms with Gasteiger partial charge in [-0.05, 0) is 80.6 Å². The van der Waals surface area contributed by atoms with E-state index in [2.05, 4.69) is 0 Å². The summed E-state index contributed by atoms with van der Waals surface area (Å²) in [6.45, 7) is 3.26. The van der Waals surface area contributed by atoms with E-state index in [1.54, 1.807) is 13.8 Å². The molecular weight excluding hydrogens is 305 g/mol. The van der Waals surface area contributed by atoms with E-state index in [4.69, 9.17) is 4.74 Å². The van der Waals surface area contributed by atoms with Gasteiger partial charge >= 0.3 is 12.1 Å². The summed E-state index contributed by atoms with van der Waals surface area (Å²) < 4.78 is 45.7. The molecule has 23 heavy (non-hydrogen) atoms. The number of rotatable bonds is 4. The Balaban J connectivity index is 2.06. The highest BCUT2D eigenvalue weighted by molar-refractivity contribution is 5.91. The van der Waals surface area contributed by atoms with E-state index in [0.717, 1.165) is 38.5 Å². The molecule has 0 N–H and O–H groups in total. The van der Waals surface area contributed by atoms with Gasteiger partial charge in [0.1, 0.15) is 5.57 Å². The molecular formula is C18H25F3O2. The van der Waals surface area contributed by atoms with Gasteiger partial charge in [0.15, 0.2) is 0 Å². The van der Waals surface area contributed by atoms with E-state index in [9.17, 15) is 18.0 Å². The van der Waals surface area contributed by atoms with Crippen molar-refractivity contribution in [1.29, 1.82) is 0 Å². The smallest absolute Gasteiger partial charge is 0.423 e. The molecule has 4 aliphatic rings. The Kier molecular flexibility index (Phi) is 4.26. The largest absolute Gasteiger partial charge is 0.462 e. The van der Waals surface area contributed by atoms with Gasteiger partial charge < -0.3 is 4.74 Å². The van der Waals surface area contributed by atoms with Gasteiger partial charge in [-0.3, -0.25) is 0 Å². The van der Waals surface area contributed by atoms with Crippen molar-refractivity contribution in [1.82, 2.24) is 0 Å². The number of allylic oxidation sites excluding steroid dienone is 1. The first-order valence-corrected chi connectivity index (χ1v) is 8.77. The van der Waals surface area contributed by atoms with Crippen LogP contribution in [0.4, 0.5) is 13.2 Å². The number of alkyl halides is 3. The molecule has 4 fully saturated rings. The lowest BCUT2D eigenvalue weighted by Crippen LogP contribution is -2.48. The SMILES string of the molecule is CCOC(=O)C(=C(CC)C12CC3CC(CC(C3)C1)C2)C(F)(F)F. The fourth-order valence-corrected chi connectivity index (χ4v) is 5.91. The number of hydrogen-bond acceptors (Lipinski definition) is 2. The molecule has 0 unspecified atom stereocenters. The Bertz CT molecular complexity index is 484. The lowest BCUT2D eigenvalue weighted by atomic mass is 9.47. The Hall–Kier alpha value is -1.00. The summed E-state index contributed by atoms with van der Waals surface area (Å²) in [4.78, 5) is 12.1. The molecule has 0 aliphatic heterocycles. The minimum absolute atomic E-state index is 0.0315. The first-order valence-electron chi connectivity index (χ1n) is 8.77. The van der Waals surface area contributed by atoms with Crippen molar-refractivity contribution in [3.05, 3.63) is 11.1 Å². The van der Waals surface area contributed by atoms with Crippen LogP contribution in [0.25, 0.3) is 0 Å². The van der Waals surface area contributed by atoms with Crippen LogP contribution in [0, 0.1) is 23.2 Å². The highest BCUT2D eigenvalue weighted by Gasteiger charge is 2.55. The van der Waals surface area contributed by atoms with E-state index in [1.807, 2.05) is 0 Å². The molecule has 4 bridgehead atoms. The van der Waals surface area contributed by atoms with Crippen LogP contribution in [0.2, 0.25) is 0 Å². The molecule has 4 aliphatic carbocycles. The summed E-state index contributed by atoms with van der Waals surface area (Å²) in [5, 5.41) is 0. The number of halogens is 3. The van der Waals surface area contributed by atoms with Gasteiger partial charge in [-0.25, -0.2) is 4.79 Å². The fraction of sp³-hybridized carbons (Fsp3) is 0.833. The van der Waals surface area contributed by atoms with Crippen LogP contribution >= 0.6 is 0 Å². The van der Waals surface area contributed by atoms with E-state index >= 15 is 0 Å². The first-order chi connectivity index (χ1) is 10.8.